The number of furan rings is 1. The van der Waals surface area contributed by atoms with Gasteiger partial charge in [0.05, 0.1) is 6.54 Å². The summed E-state index contributed by atoms with van der Waals surface area (Å²) in [5.41, 5.74) is 3.92. The van der Waals surface area contributed by atoms with Gasteiger partial charge in [0.2, 0.25) is 0 Å². The molecular weight excluding hydrogens is 276 g/mol. The van der Waals surface area contributed by atoms with Gasteiger partial charge in [-0.1, -0.05) is 6.07 Å². The highest BCUT2D eigenvalue weighted by atomic mass is 16.3. The van der Waals surface area contributed by atoms with Gasteiger partial charge in [-0.05, 0) is 56.2 Å². The normalized spacial score (nSPS) is 11.2. The van der Waals surface area contributed by atoms with Crippen LogP contribution in [-0.4, -0.2) is 4.98 Å². The Morgan fingerprint density at radius 2 is 1.91 bits per heavy atom. The van der Waals surface area contributed by atoms with E-state index in [9.17, 15) is 4.79 Å². The summed E-state index contributed by atoms with van der Waals surface area (Å²) >= 11 is 0. The van der Waals surface area contributed by atoms with Crippen LogP contribution in [-0.2, 0) is 13.1 Å². The van der Waals surface area contributed by atoms with Crippen molar-refractivity contribution in [1.82, 2.24) is 10.3 Å². The van der Waals surface area contributed by atoms with Crippen molar-refractivity contribution >= 4 is 10.9 Å². The van der Waals surface area contributed by atoms with Gasteiger partial charge in [-0.3, -0.25) is 4.79 Å². The van der Waals surface area contributed by atoms with Crippen molar-refractivity contribution in [3.8, 4) is 0 Å². The molecule has 2 N–H and O–H groups in total. The fourth-order valence-corrected chi connectivity index (χ4v) is 2.75. The average Bonchev–Trinajstić information content (AvgIpc) is 2.85. The van der Waals surface area contributed by atoms with Crippen molar-refractivity contribution in [3.05, 3.63) is 68.9 Å². The van der Waals surface area contributed by atoms with Crippen LogP contribution in [0.1, 0.15) is 28.2 Å². The monoisotopic (exact) mass is 296 g/mol. The third kappa shape index (κ3) is 2.97. The molecule has 4 heteroatoms. The van der Waals surface area contributed by atoms with Crippen LogP contribution in [0.5, 0.6) is 0 Å². The van der Waals surface area contributed by atoms with Crippen LogP contribution >= 0.6 is 0 Å². The Morgan fingerprint density at radius 3 is 2.64 bits per heavy atom. The van der Waals surface area contributed by atoms with Gasteiger partial charge in [-0.25, -0.2) is 0 Å². The zero-order valence-electron chi connectivity index (χ0n) is 13.1. The summed E-state index contributed by atoms with van der Waals surface area (Å²) in [6.07, 6.45) is 0. The molecule has 1 aromatic carbocycles. The Hall–Kier alpha value is -2.33. The first-order chi connectivity index (χ1) is 10.5. The summed E-state index contributed by atoms with van der Waals surface area (Å²) in [5, 5.41) is 4.35. The van der Waals surface area contributed by atoms with E-state index in [1.165, 1.54) is 5.56 Å². The van der Waals surface area contributed by atoms with Crippen molar-refractivity contribution in [2.75, 3.05) is 0 Å². The summed E-state index contributed by atoms with van der Waals surface area (Å²) in [7, 11) is 0. The molecule has 22 heavy (non-hydrogen) atoms. The lowest BCUT2D eigenvalue weighted by Crippen LogP contribution is -2.20. The molecule has 0 aliphatic rings. The van der Waals surface area contributed by atoms with Gasteiger partial charge in [-0.2, -0.15) is 0 Å². The number of hydrogen-bond acceptors (Lipinski definition) is 3. The van der Waals surface area contributed by atoms with E-state index in [0.29, 0.717) is 13.1 Å². The SMILES string of the molecule is Cc1cc(C)c2cc(CNCc3ccc(C)o3)c(=O)[nH]c2c1. The molecule has 0 amide bonds. The number of benzene rings is 1. The van der Waals surface area contributed by atoms with Crippen molar-refractivity contribution in [1.29, 1.82) is 0 Å². The molecule has 4 nitrogen and oxygen atoms in total. The predicted molar refractivity (Wildman–Crippen MR) is 88.0 cm³/mol. The van der Waals surface area contributed by atoms with Crippen LogP contribution in [0.25, 0.3) is 10.9 Å². The van der Waals surface area contributed by atoms with Crippen LogP contribution in [0.4, 0.5) is 0 Å². The quantitative estimate of drug-likeness (QED) is 0.776. The first-order valence-electron chi connectivity index (χ1n) is 7.42. The van der Waals surface area contributed by atoms with Gasteiger partial charge < -0.3 is 14.7 Å². The molecule has 0 unspecified atom stereocenters. The van der Waals surface area contributed by atoms with E-state index in [0.717, 1.165) is 33.6 Å². The maximum atomic E-state index is 12.2. The van der Waals surface area contributed by atoms with Crippen molar-refractivity contribution in [2.45, 2.75) is 33.9 Å². The molecule has 0 saturated heterocycles. The maximum absolute atomic E-state index is 12.2. The van der Waals surface area contributed by atoms with Gasteiger partial charge in [0, 0.05) is 23.0 Å². The Morgan fingerprint density at radius 1 is 1.09 bits per heavy atom. The van der Waals surface area contributed by atoms with E-state index in [-0.39, 0.29) is 5.56 Å². The topological polar surface area (TPSA) is 58.0 Å². The summed E-state index contributed by atoms with van der Waals surface area (Å²) < 4.78 is 5.51. The number of H-pyrrole nitrogens is 1. The van der Waals surface area contributed by atoms with Gasteiger partial charge >= 0.3 is 0 Å². The highest BCUT2D eigenvalue weighted by Crippen LogP contribution is 2.18. The molecular formula is C18H20N2O2. The van der Waals surface area contributed by atoms with Crippen molar-refractivity contribution in [3.63, 3.8) is 0 Å². The first-order valence-corrected chi connectivity index (χ1v) is 7.42. The summed E-state index contributed by atoms with van der Waals surface area (Å²) in [4.78, 5) is 15.2. The van der Waals surface area contributed by atoms with Crippen LogP contribution < -0.4 is 10.9 Å². The standard InChI is InChI=1S/C18H20N2O2/c1-11-6-12(2)16-8-14(18(21)20-17(16)7-11)9-19-10-15-5-4-13(3)22-15/h4-8,19H,9-10H2,1-3H3,(H,20,21). The lowest BCUT2D eigenvalue weighted by Gasteiger charge is -2.08. The summed E-state index contributed by atoms with van der Waals surface area (Å²) in [6.45, 7) is 7.14. The smallest absolute Gasteiger partial charge is 0.252 e. The molecule has 0 radical (unpaired) electrons. The molecule has 0 spiro atoms. The van der Waals surface area contributed by atoms with Crippen molar-refractivity contribution < 1.29 is 4.42 Å². The van der Waals surface area contributed by atoms with Crippen LogP contribution in [0.2, 0.25) is 0 Å². The summed E-state index contributed by atoms with van der Waals surface area (Å²) in [6, 6.07) is 9.99. The lowest BCUT2D eigenvalue weighted by molar-refractivity contribution is 0.461. The zero-order chi connectivity index (χ0) is 15.7. The molecule has 0 atom stereocenters. The number of rotatable bonds is 4. The molecule has 2 heterocycles. The third-order valence-electron chi connectivity index (χ3n) is 3.80. The van der Waals surface area contributed by atoms with Gasteiger partial charge in [-0.15, -0.1) is 0 Å². The predicted octanol–water partition coefficient (Wildman–Crippen LogP) is 3.34. The molecule has 0 saturated carbocycles. The number of fused-ring (bicyclic) bond motifs is 1. The molecule has 0 aliphatic heterocycles. The highest BCUT2D eigenvalue weighted by Gasteiger charge is 2.06. The second kappa shape index (κ2) is 5.81. The maximum Gasteiger partial charge on any atom is 0.252 e. The van der Waals surface area contributed by atoms with Crippen LogP contribution in [0.15, 0.2) is 39.5 Å². The number of aromatic amines is 1. The molecule has 0 aliphatic carbocycles. The minimum Gasteiger partial charge on any atom is -0.465 e. The fraction of sp³-hybridized carbons (Fsp3) is 0.278. The van der Waals surface area contributed by atoms with E-state index in [1.54, 1.807) is 0 Å². The molecule has 0 fully saturated rings. The number of nitrogens with one attached hydrogen (secondary N) is 2. The number of aryl methyl sites for hydroxylation is 3. The van der Waals surface area contributed by atoms with Crippen LogP contribution in [0.3, 0.4) is 0 Å². The second-order valence-corrected chi connectivity index (χ2v) is 5.78. The number of hydrogen-bond donors (Lipinski definition) is 2. The largest absolute Gasteiger partial charge is 0.465 e. The molecule has 114 valence electrons. The van der Waals surface area contributed by atoms with E-state index < -0.39 is 0 Å². The highest BCUT2D eigenvalue weighted by molar-refractivity contribution is 5.83. The Kier molecular flexibility index (Phi) is 3.86. The number of aromatic nitrogens is 1. The molecule has 3 rings (SSSR count). The van der Waals surface area contributed by atoms with E-state index >= 15 is 0 Å². The van der Waals surface area contributed by atoms with Gasteiger partial charge in [0.15, 0.2) is 0 Å². The molecule has 0 bridgehead atoms. The zero-order valence-corrected chi connectivity index (χ0v) is 13.1. The van der Waals surface area contributed by atoms with Crippen molar-refractivity contribution in [2.24, 2.45) is 0 Å². The van der Waals surface area contributed by atoms with E-state index in [1.807, 2.05) is 38.1 Å². The van der Waals surface area contributed by atoms with E-state index in [4.69, 9.17) is 4.42 Å². The third-order valence-corrected chi connectivity index (χ3v) is 3.80. The average molecular weight is 296 g/mol. The van der Waals surface area contributed by atoms with Gasteiger partial charge in [0.1, 0.15) is 11.5 Å². The fourth-order valence-electron chi connectivity index (χ4n) is 2.75. The minimum absolute atomic E-state index is 0.0411. The molecule has 2 aromatic heterocycles. The van der Waals surface area contributed by atoms with Gasteiger partial charge in [0.25, 0.3) is 5.56 Å². The van der Waals surface area contributed by atoms with E-state index in [2.05, 4.69) is 23.3 Å². The lowest BCUT2D eigenvalue weighted by atomic mass is 10.0. The Bertz CT molecular complexity index is 874. The number of pyridine rings is 1. The minimum atomic E-state index is -0.0411. The molecule has 3 aromatic rings. The second-order valence-electron chi connectivity index (χ2n) is 5.78. The Labute approximate surface area is 129 Å². The Balaban J connectivity index is 1.81. The summed E-state index contributed by atoms with van der Waals surface area (Å²) in [5.74, 6) is 1.77. The van der Waals surface area contributed by atoms with Crippen LogP contribution in [0, 0.1) is 20.8 Å². The first kappa shape index (κ1) is 14.6.